The summed E-state index contributed by atoms with van der Waals surface area (Å²) < 4.78 is 22.2. The first-order valence-corrected chi connectivity index (χ1v) is 14.7. The second-order valence-corrected chi connectivity index (χ2v) is 11.3. The van der Waals surface area contributed by atoms with E-state index in [2.05, 4.69) is 26.9 Å². The quantitative estimate of drug-likeness (QED) is 0.244. The van der Waals surface area contributed by atoms with Crippen LogP contribution in [0, 0.1) is 11.7 Å². The number of nitrogens with one attached hydrogen (secondary N) is 1. The molecule has 1 unspecified atom stereocenters. The second-order valence-electron chi connectivity index (χ2n) is 11.3. The summed E-state index contributed by atoms with van der Waals surface area (Å²) in [5.74, 6) is -1.03. The van der Waals surface area contributed by atoms with E-state index in [1.54, 1.807) is 22.8 Å². The van der Waals surface area contributed by atoms with Crippen LogP contribution in [0.4, 0.5) is 10.3 Å². The molecule has 11 heteroatoms. The van der Waals surface area contributed by atoms with Gasteiger partial charge in [-0.15, -0.1) is 5.10 Å². The fourth-order valence-electron chi connectivity index (χ4n) is 5.96. The molecule has 10 nitrogen and oxygen atoms in total. The van der Waals surface area contributed by atoms with Crippen molar-refractivity contribution in [2.45, 2.75) is 52.8 Å². The first-order valence-electron chi connectivity index (χ1n) is 14.7. The summed E-state index contributed by atoms with van der Waals surface area (Å²) in [6, 6.07) is 16.1. The van der Waals surface area contributed by atoms with Crippen LogP contribution in [0.5, 0.6) is 0 Å². The molecule has 2 aromatic carbocycles. The number of hydrogen-bond acceptors (Lipinski definition) is 6. The number of carbonyl (C=O) groups excluding carboxylic acids is 3. The van der Waals surface area contributed by atoms with Gasteiger partial charge >= 0.3 is 5.97 Å². The first-order chi connectivity index (χ1) is 21.1. The first kappa shape index (κ1) is 29.0. The molecule has 3 atom stereocenters. The monoisotopic (exact) mass is 596 g/mol. The molecule has 1 aliphatic heterocycles. The Bertz CT molecular complexity index is 1900. The van der Waals surface area contributed by atoms with Crippen LogP contribution in [0.3, 0.4) is 0 Å². The number of aromatic nitrogens is 4. The Hall–Kier alpha value is -5.06. The Morgan fingerprint density at radius 1 is 1.09 bits per heavy atom. The highest BCUT2D eigenvalue weighted by Gasteiger charge is 2.35. The van der Waals surface area contributed by atoms with Crippen molar-refractivity contribution < 1.29 is 23.5 Å². The van der Waals surface area contributed by atoms with Crippen molar-refractivity contribution >= 4 is 40.3 Å². The minimum Gasteiger partial charge on any atom is -0.453 e. The van der Waals surface area contributed by atoms with Crippen LogP contribution in [0.25, 0.3) is 27.7 Å². The summed E-state index contributed by atoms with van der Waals surface area (Å²) in [4.78, 5) is 44.0. The van der Waals surface area contributed by atoms with Gasteiger partial charge in [-0.2, -0.15) is 4.98 Å². The molecule has 0 spiro atoms. The zero-order valence-corrected chi connectivity index (χ0v) is 25.0. The molecule has 0 radical (unpaired) electrons. The lowest BCUT2D eigenvalue weighted by Crippen LogP contribution is -2.31. The zero-order valence-electron chi connectivity index (χ0n) is 25.0. The highest BCUT2D eigenvalue weighted by Crippen LogP contribution is 2.38. The normalized spacial score (nSPS) is 17.2. The fraction of sp³-hybridized carbons (Fsp3) is 0.303. The van der Waals surface area contributed by atoms with Gasteiger partial charge in [0.05, 0.1) is 11.6 Å². The standard InChI is InChI=1S/C33H33FN6O4/c1-5-38-18-27(32(43)39-17-19(2)14-29(39)22-6-9-25(34)10-7-22)26-15-23(8-11-28(26)38)24-12-13-40-30(16-24)35-33(37-40)36-31(42)20(3)44-21(4)41/h6-13,15-16,18-20,29H,5,14,17H2,1-4H3,(H,36,37,42)/t19?,20-,29-/m0/s1. The number of amides is 2. The second kappa shape index (κ2) is 11.6. The number of rotatable bonds is 7. The molecule has 1 fully saturated rings. The molecule has 0 saturated carbocycles. The highest BCUT2D eigenvalue weighted by molar-refractivity contribution is 6.08. The van der Waals surface area contributed by atoms with E-state index >= 15 is 0 Å². The Labute approximate surface area is 253 Å². The van der Waals surface area contributed by atoms with Gasteiger partial charge in [0.25, 0.3) is 11.8 Å². The molecule has 44 heavy (non-hydrogen) atoms. The van der Waals surface area contributed by atoms with E-state index in [1.165, 1.54) is 26.0 Å². The number of benzene rings is 2. The fourth-order valence-corrected chi connectivity index (χ4v) is 5.96. The lowest BCUT2D eigenvalue weighted by molar-refractivity contribution is -0.150. The number of fused-ring (bicyclic) bond motifs is 2. The van der Waals surface area contributed by atoms with Crippen molar-refractivity contribution in [2.75, 3.05) is 11.9 Å². The van der Waals surface area contributed by atoms with E-state index in [1.807, 2.05) is 48.4 Å². The maximum absolute atomic E-state index is 14.2. The summed E-state index contributed by atoms with van der Waals surface area (Å²) in [5, 5.41) is 7.72. The number of halogens is 1. The number of pyridine rings is 1. The van der Waals surface area contributed by atoms with Gasteiger partial charge in [-0.25, -0.2) is 8.91 Å². The molecule has 1 N–H and O–H groups in total. The van der Waals surface area contributed by atoms with Gasteiger partial charge < -0.3 is 14.2 Å². The maximum atomic E-state index is 14.2. The van der Waals surface area contributed by atoms with E-state index in [9.17, 15) is 18.8 Å². The topological polar surface area (TPSA) is 111 Å². The lowest BCUT2D eigenvalue weighted by atomic mass is 10.00. The van der Waals surface area contributed by atoms with Crippen LogP contribution >= 0.6 is 0 Å². The average molecular weight is 597 g/mol. The Morgan fingerprint density at radius 3 is 2.57 bits per heavy atom. The van der Waals surface area contributed by atoms with Crippen LogP contribution in [-0.2, 0) is 20.9 Å². The van der Waals surface area contributed by atoms with Gasteiger partial charge in [-0.3, -0.25) is 19.7 Å². The van der Waals surface area contributed by atoms with E-state index in [0.717, 1.165) is 34.0 Å². The average Bonchev–Trinajstić information content (AvgIpc) is 3.70. The van der Waals surface area contributed by atoms with E-state index < -0.39 is 18.0 Å². The molecular weight excluding hydrogens is 563 g/mol. The molecule has 4 heterocycles. The van der Waals surface area contributed by atoms with Gasteiger partial charge in [0.2, 0.25) is 5.95 Å². The summed E-state index contributed by atoms with van der Waals surface area (Å²) in [7, 11) is 0. The third kappa shape index (κ3) is 5.52. The number of anilines is 1. The van der Waals surface area contributed by atoms with Crippen molar-refractivity contribution in [1.82, 2.24) is 24.1 Å². The van der Waals surface area contributed by atoms with Crippen molar-refractivity contribution in [3.05, 3.63) is 83.9 Å². The van der Waals surface area contributed by atoms with E-state index in [4.69, 9.17) is 4.74 Å². The number of nitrogens with zero attached hydrogens (tertiary/aromatic N) is 5. The number of carbonyl (C=O) groups is 3. The predicted molar refractivity (Wildman–Crippen MR) is 163 cm³/mol. The Morgan fingerprint density at radius 2 is 1.84 bits per heavy atom. The van der Waals surface area contributed by atoms with Gasteiger partial charge in [-0.1, -0.05) is 25.1 Å². The van der Waals surface area contributed by atoms with E-state index in [0.29, 0.717) is 30.2 Å². The molecule has 6 rings (SSSR count). The SMILES string of the molecule is CCn1cc(C(=O)N2CC(C)C[C@H]2c2ccc(F)cc2)c2cc(-c3ccn4nc(NC(=O)[C@H](C)OC(C)=O)nc4c3)ccc21. The summed E-state index contributed by atoms with van der Waals surface area (Å²) in [6.45, 7) is 8.22. The van der Waals surface area contributed by atoms with Gasteiger partial charge in [0.1, 0.15) is 5.82 Å². The van der Waals surface area contributed by atoms with Crippen molar-refractivity contribution in [2.24, 2.45) is 5.92 Å². The minimum atomic E-state index is -0.983. The predicted octanol–water partition coefficient (Wildman–Crippen LogP) is 5.62. The van der Waals surface area contributed by atoms with Gasteiger partial charge in [0.15, 0.2) is 11.8 Å². The van der Waals surface area contributed by atoms with Crippen molar-refractivity contribution in [3.63, 3.8) is 0 Å². The van der Waals surface area contributed by atoms with Crippen molar-refractivity contribution in [1.29, 1.82) is 0 Å². The van der Waals surface area contributed by atoms with Crippen LogP contribution in [0.15, 0.2) is 67.0 Å². The summed E-state index contributed by atoms with van der Waals surface area (Å²) in [5.41, 5.74) is 4.78. The van der Waals surface area contributed by atoms with Crippen LogP contribution in [0.2, 0.25) is 0 Å². The molecule has 1 saturated heterocycles. The van der Waals surface area contributed by atoms with Crippen LogP contribution < -0.4 is 5.32 Å². The summed E-state index contributed by atoms with van der Waals surface area (Å²) >= 11 is 0. The highest BCUT2D eigenvalue weighted by atomic mass is 19.1. The maximum Gasteiger partial charge on any atom is 0.303 e. The third-order valence-corrected chi connectivity index (χ3v) is 8.10. The van der Waals surface area contributed by atoms with Gasteiger partial charge in [0, 0.05) is 43.3 Å². The number of aryl methyl sites for hydroxylation is 1. The Balaban J connectivity index is 1.32. The minimum absolute atomic E-state index is 0.0469. The molecular formula is C33H33FN6O4. The molecule has 1 aliphatic rings. The van der Waals surface area contributed by atoms with Crippen molar-refractivity contribution in [3.8, 4) is 11.1 Å². The molecule has 5 aromatic rings. The summed E-state index contributed by atoms with van der Waals surface area (Å²) in [6.07, 6.45) is 3.51. The molecule has 226 valence electrons. The number of likely N-dealkylation sites (tertiary alicyclic amines) is 1. The number of esters is 1. The smallest absolute Gasteiger partial charge is 0.303 e. The van der Waals surface area contributed by atoms with E-state index in [-0.39, 0.29) is 23.7 Å². The van der Waals surface area contributed by atoms with Crippen LogP contribution in [-0.4, -0.2) is 54.5 Å². The molecule has 2 amide bonds. The van der Waals surface area contributed by atoms with Crippen LogP contribution in [0.1, 0.15) is 56.1 Å². The molecule has 0 bridgehead atoms. The van der Waals surface area contributed by atoms with Gasteiger partial charge in [-0.05, 0) is 79.3 Å². The molecule has 0 aliphatic carbocycles. The zero-order chi connectivity index (χ0) is 31.1. The lowest BCUT2D eigenvalue weighted by Gasteiger charge is -2.25. The largest absolute Gasteiger partial charge is 0.453 e. The molecule has 3 aromatic heterocycles. The Kier molecular flexibility index (Phi) is 7.62. The number of ether oxygens (including phenoxy) is 1. The number of hydrogen-bond donors (Lipinski definition) is 1. The third-order valence-electron chi connectivity index (χ3n) is 8.10.